The summed E-state index contributed by atoms with van der Waals surface area (Å²) in [7, 11) is 0. The van der Waals surface area contributed by atoms with Crippen LogP contribution in [0.25, 0.3) is 0 Å². The summed E-state index contributed by atoms with van der Waals surface area (Å²) in [5, 5.41) is 0.660. The van der Waals surface area contributed by atoms with Crippen molar-refractivity contribution in [3.8, 4) is 5.75 Å². The van der Waals surface area contributed by atoms with Crippen molar-refractivity contribution in [3.63, 3.8) is 0 Å². The maximum Gasteiger partial charge on any atom is 0.237 e. The molecule has 3 N–H and O–H groups in total. The van der Waals surface area contributed by atoms with Gasteiger partial charge in [-0.25, -0.2) is 5.84 Å². The molecule has 110 valence electrons. The number of halogens is 1. The Morgan fingerprint density at radius 3 is 2.67 bits per heavy atom. The molecular weight excluding hydrogens is 288 g/mol. The number of benzene rings is 2. The normalized spacial score (nSPS) is 10.2. The predicted molar refractivity (Wildman–Crippen MR) is 83.1 cm³/mol. The van der Waals surface area contributed by atoms with Crippen molar-refractivity contribution in [1.82, 2.24) is 5.43 Å². The maximum absolute atomic E-state index is 11.1. The number of ether oxygens (including phenoxy) is 1. The zero-order valence-corrected chi connectivity index (χ0v) is 12.3. The van der Waals surface area contributed by atoms with Gasteiger partial charge in [-0.15, -0.1) is 0 Å². The van der Waals surface area contributed by atoms with Gasteiger partial charge in [0.1, 0.15) is 5.75 Å². The number of hydrogen-bond acceptors (Lipinski definition) is 3. The Labute approximate surface area is 128 Å². The first-order valence-electron chi connectivity index (χ1n) is 6.63. The van der Waals surface area contributed by atoms with Gasteiger partial charge in [0.15, 0.2) is 0 Å². The molecule has 21 heavy (non-hydrogen) atoms. The van der Waals surface area contributed by atoms with E-state index in [-0.39, 0.29) is 18.9 Å². The molecule has 0 aliphatic rings. The van der Waals surface area contributed by atoms with E-state index in [0.717, 1.165) is 17.7 Å². The average molecular weight is 305 g/mol. The van der Waals surface area contributed by atoms with Crippen molar-refractivity contribution >= 4 is 17.5 Å². The van der Waals surface area contributed by atoms with E-state index in [4.69, 9.17) is 22.2 Å². The van der Waals surface area contributed by atoms with E-state index in [2.05, 4.69) is 5.43 Å². The molecule has 2 aromatic rings. The van der Waals surface area contributed by atoms with Crippen molar-refractivity contribution < 1.29 is 9.53 Å². The number of hydrazine groups is 1. The third-order valence-corrected chi connectivity index (χ3v) is 3.24. The van der Waals surface area contributed by atoms with E-state index in [1.165, 1.54) is 5.56 Å². The van der Waals surface area contributed by atoms with E-state index >= 15 is 0 Å². The lowest BCUT2D eigenvalue weighted by Crippen LogP contribution is -2.31. The number of nitrogens with two attached hydrogens (primary N) is 1. The van der Waals surface area contributed by atoms with Crippen LogP contribution in [0.5, 0.6) is 5.75 Å². The predicted octanol–water partition coefficient (Wildman–Crippen LogP) is 2.69. The van der Waals surface area contributed by atoms with Crippen LogP contribution in [-0.2, 0) is 11.2 Å². The van der Waals surface area contributed by atoms with E-state index < -0.39 is 0 Å². The summed E-state index contributed by atoms with van der Waals surface area (Å²) in [5.41, 5.74) is 4.23. The highest BCUT2D eigenvalue weighted by Gasteiger charge is 2.07. The molecule has 0 fully saturated rings. The smallest absolute Gasteiger partial charge is 0.237 e. The van der Waals surface area contributed by atoms with Gasteiger partial charge >= 0.3 is 0 Å². The zero-order valence-electron chi connectivity index (χ0n) is 11.5. The quantitative estimate of drug-likeness (QED) is 0.490. The maximum atomic E-state index is 11.1. The topological polar surface area (TPSA) is 64.3 Å². The number of amides is 1. The molecule has 0 heterocycles. The highest BCUT2D eigenvalue weighted by Crippen LogP contribution is 2.25. The van der Waals surface area contributed by atoms with Gasteiger partial charge in [0.25, 0.3) is 0 Å². The fourth-order valence-electron chi connectivity index (χ4n) is 1.97. The molecule has 0 saturated heterocycles. The van der Waals surface area contributed by atoms with Crippen molar-refractivity contribution in [3.05, 3.63) is 64.7 Å². The fourth-order valence-corrected chi connectivity index (χ4v) is 2.16. The Morgan fingerprint density at radius 1 is 1.19 bits per heavy atom. The van der Waals surface area contributed by atoms with Crippen molar-refractivity contribution in [2.24, 2.45) is 5.84 Å². The van der Waals surface area contributed by atoms with Crippen molar-refractivity contribution in [2.45, 2.75) is 12.8 Å². The van der Waals surface area contributed by atoms with E-state index in [9.17, 15) is 4.79 Å². The molecule has 0 atom stereocenters. The molecule has 1 amide bonds. The SMILES string of the molecule is NNC(=O)CCOc1ccc(Cl)cc1Cc1ccccc1. The van der Waals surface area contributed by atoms with Crippen LogP contribution in [0.1, 0.15) is 17.5 Å². The van der Waals surface area contributed by atoms with Gasteiger partial charge < -0.3 is 4.74 Å². The molecule has 0 aliphatic carbocycles. The largest absolute Gasteiger partial charge is 0.493 e. The van der Waals surface area contributed by atoms with E-state index in [0.29, 0.717) is 5.02 Å². The van der Waals surface area contributed by atoms with Crippen LogP contribution in [0.15, 0.2) is 48.5 Å². The van der Waals surface area contributed by atoms with Gasteiger partial charge in [-0.2, -0.15) is 0 Å². The summed E-state index contributed by atoms with van der Waals surface area (Å²) in [6.45, 7) is 0.270. The minimum Gasteiger partial charge on any atom is -0.493 e. The number of carbonyl (C=O) groups is 1. The second-order valence-electron chi connectivity index (χ2n) is 4.58. The summed E-state index contributed by atoms with van der Waals surface area (Å²) in [5.74, 6) is 5.50. The van der Waals surface area contributed by atoms with E-state index in [1.54, 1.807) is 6.07 Å². The summed E-state index contributed by atoms with van der Waals surface area (Å²) in [4.78, 5) is 11.1. The molecule has 0 bridgehead atoms. The Morgan fingerprint density at radius 2 is 1.95 bits per heavy atom. The third kappa shape index (κ3) is 4.77. The second kappa shape index (κ2) is 7.67. The number of hydrogen-bond donors (Lipinski definition) is 2. The van der Waals surface area contributed by atoms with Gasteiger partial charge in [0.2, 0.25) is 5.91 Å². The minimum absolute atomic E-state index is 0.212. The minimum atomic E-state index is -0.256. The van der Waals surface area contributed by atoms with Crippen LogP contribution in [0.2, 0.25) is 5.02 Å². The van der Waals surface area contributed by atoms with Crippen molar-refractivity contribution in [2.75, 3.05) is 6.61 Å². The zero-order chi connectivity index (χ0) is 15.1. The molecule has 2 rings (SSSR count). The first-order valence-corrected chi connectivity index (χ1v) is 7.01. The molecule has 0 spiro atoms. The monoisotopic (exact) mass is 304 g/mol. The van der Waals surface area contributed by atoms with Gasteiger partial charge in [-0.3, -0.25) is 10.2 Å². The Kier molecular flexibility index (Phi) is 5.60. The third-order valence-electron chi connectivity index (χ3n) is 3.01. The van der Waals surface area contributed by atoms with Crippen LogP contribution in [0, 0.1) is 0 Å². The molecule has 0 saturated carbocycles. The first kappa shape index (κ1) is 15.4. The van der Waals surface area contributed by atoms with Crippen LogP contribution in [0.3, 0.4) is 0 Å². The van der Waals surface area contributed by atoms with Gasteiger partial charge in [-0.1, -0.05) is 41.9 Å². The Bertz CT molecular complexity index is 602. The molecular formula is C16H17ClN2O2. The highest BCUT2D eigenvalue weighted by molar-refractivity contribution is 6.30. The van der Waals surface area contributed by atoms with Crippen molar-refractivity contribution in [1.29, 1.82) is 0 Å². The average Bonchev–Trinajstić information content (AvgIpc) is 2.50. The van der Waals surface area contributed by atoms with Gasteiger partial charge in [0, 0.05) is 11.4 Å². The van der Waals surface area contributed by atoms with Crippen LogP contribution in [-0.4, -0.2) is 12.5 Å². The molecule has 0 aliphatic heterocycles. The lowest BCUT2D eigenvalue weighted by molar-refractivity contribution is -0.121. The molecule has 4 nitrogen and oxygen atoms in total. The van der Waals surface area contributed by atoms with Crippen LogP contribution in [0.4, 0.5) is 0 Å². The Hall–Kier alpha value is -2.04. The van der Waals surface area contributed by atoms with Gasteiger partial charge in [-0.05, 0) is 29.3 Å². The number of carbonyl (C=O) groups excluding carboxylic acids is 1. The lowest BCUT2D eigenvalue weighted by Gasteiger charge is -2.12. The summed E-state index contributed by atoms with van der Waals surface area (Å²) in [6, 6.07) is 15.5. The highest BCUT2D eigenvalue weighted by atomic mass is 35.5. The van der Waals surface area contributed by atoms with E-state index in [1.807, 2.05) is 42.5 Å². The Balaban J connectivity index is 2.08. The molecule has 5 heteroatoms. The molecule has 0 radical (unpaired) electrons. The fraction of sp³-hybridized carbons (Fsp3) is 0.188. The number of rotatable bonds is 6. The summed E-state index contributed by atoms with van der Waals surface area (Å²) >= 11 is 6.05. The molecule has 2 aromatic carbocycles. The summed E-state index contributed by atoms with van der Waals surface area (Å²) in [6.07, 6.45) is 0.934. The molecule has 0 aromatic heterocycles. The van der Waals surface area contributed by atoms with Crippen LogP contribution >= 0.6 is 11.6 Å². The van der Waals surface area contributed by atoms with Gasteiger partial charge in [0.05, 0.1) is 13.0 Å². The molecule has 0 unspecified atom stereocenters. The lowest BCUT2D eigenvalue weighted by atomic mass is 10.0. The standard InChI is InChI=1S/C16H17ClN2O2/c17-14-6-7-15(21-9-8-16(20)19-18)13(11-14)10-12-4-2-1-3-5-12/h1-7,11H,8-10,18H2,(H,19,20). The first-order chi connectivity index (χ1) is 10.2. The van der Waals surface area contributed by atoms with Crippen LogP contribution < -0.4 is 16.0 Å². The summed E-state index contributed by atoms with van der Waals surface area (Å²) < 4.78 is 5.66. The second-order valence-corrected chi connectivity index (χ2v) is 5.02. The number of nitrogens with one attached hydrogen (secondary N) is 1.